The van der Waals surface area contributed by atoms with E-state index in [2.05, 4.69) is 11.6 Å². The van der Waals surface area contributed by atoms with Crippen molar-refractivity contribution >= 4 is 39.2 Å². The van der Waals surface area contributed by atoms with Crippen molar-refractivity contribution in [2.24, 2.45) is 5.73 Å². The van der Waals surface area contributed by atoms with Gasteiger partial charge in [-0.25, -0.2) is 4.98 Å². The van der Waals surface area contributed by atoms with E-state index in [1.807, 2.05) is 36.4 Å². The SMILES string of the molecule is C=CCn1c(SCCC(N)=O)nc2sc(-c3ccccc3)cc2c1=O. The predicted octanol–water partition coefficient (Wildman–Crippen LogP) is 3.28. The third-order valence-corrected chi connectivity index (χ3v) is 5.62. The van der Waals surface area contributed by atoms with Crippen molar-refractivity contribution in [3.05, 3.63) is 59.4 Å². The summed E-state index contributed by atoms with van der Waals surface area (Å²) in [4.78, 5) is 30.1. The third kappa shape index (κ3) is 3.83. The lowest BCUT2D eigenvalue weighted by atomic mass is 10.2. The van der Waals surface area contributed by atoms with E-state index in [0.29, 0.717) is 27.7 Å². The van der Waals surface area contributed by atoms with Gasteiger partial charge in [-0.15, -0.1) is 17.9 Å². The highest BCUT2D eigenvalue weighted by atomic mass is 32.2. The molecule has 25 heavy (non-hydrogen) atoms. The number of hydrogen-bond donors (Lipinski definition) is 1. The van der Waals surface area contributed by atoms with Crippen LogP contribution in [0.25, 0.3) is 20.7 Å². The van der Waals surface area contributed by atoms with Crippen LogP contribution in [0, 0.1) is 0 Å². The van der Waals surface area contributed by atoms with Gasteiger partial charge in [0.05, 0.1) is 5.39 Å². The standard InChI is InChI=1S/C18H17N3O2S2/c1-2-9-21-17(23)13-11-14(12-6-4-3-5-7-12)25-16(13)20-18(21)24-10-8-15(19)22/h2-7,11H,1,8-10H2,(H2,19,22). The zero-order valence-electron chi connectivity index (χ0n) is 13.5. The molecule has 1 amide bonds. The molecule has 3 rings (SSSR count). The summed E-state index contributed by atoms with van der Waals surface area (Å²) in [5.74, 6) is 0.120. The molecule has 0 aliphatic heterocycles. The van der Waals surface area contributed by atoms with Crippen LogP contribution in [0.2, 0.25) is 0 Å². The smallest absolute Gasteiger partial charge is 0.263 e. The Balaban J connectivity index is 2.06. The van der Waals surface area contributed by atoms with Crippen molar-refractivity contribution < 1.29 is 4.79 Å². The maximum Gasteiger partial charge on any atom is 0.263 e. The lowest BCUT2D eigenvalue weighted by molar-refractivity contribution is -0.117. The Hall–Kier alpha value is -2.38. The van der Waals surface area contributed by atoms with Crippen LogP contribution in [0.1, 0.15) is 6.42 Å². The van der Waals surface area contributed by atoms with Crippen LogP contribution in [0.3, 0.4) is 0 Å². The molecule has 0 radical (unpaired) electrons. The van der Waals surface area contributed by atoms with Crippen LogP contribution >= 0.6 is 23.1 Å². The molecule has 0 saturated carbocycles. The highest BCUT2D eigenvalue weighted by molar-refractivity contribution is 7.99. The first kappa shape index (κ1) is 17.4. The summed E-state index contributed by atoms with van der Waals surface area (Å²) in [6.45, 7) is 4.08. The fourth-order valence-corrected chi connectivity index (χ4v) is 4.43. The number of thioether (sulfide) groups is 1. The Kier molecular flexibility index (Phi) is 5.35. The van der Waals surface area contributed by atoms with Gasteiger partial charge in [0, 0.05) is 23.6 Å². The molecule has 0 aliphatic carbocycles. The number of nitrogens with two attached hydrogens (primary N) is 1. The van der Waals surface area contributed by atoms with Gasteiger partial charge in [0.1, 0.15) is 4.83 Å². The van der Waals surface area contributed by atoms with Crippen molar-refractivity contribution in [2.75, 3.05) is 5.75 Å². The van der Waals surface area contributed by atoms with Crippen LogP contribution in [0.4, 0.5) is 0 Å². The fourth-order valence-electron chi connectivity index (χ4n) is 2.39. The van der Waals surface area contributed by atoms with E-state index in [1.165, 1.54) is 23.1 Å². The molecule has 1 aromatic carbocycles. The molecule has 0 saturated heterocycles. The number of fused-ring (bicyclic) bond motifs is 1. The minimum Gasteiger partial charge on any atom is -0.370 e. The molecule has 0 spiro atoms. The quantitative estimate of drug-likeness (QED) is 0.393. The number of carbonyl (C=O) groups excluding carboxylic acids is 1. The molecular formula is C18H17N3O2S2. The average molecular weight is 371 g/mol. The molecule has 0 fully saturated rings. The second-order valence-electron chi connectivity index (χ2n) is 5.36. The van der Waals surface area contributed by atoms with Gasteiger partial charge >= 0.3 is 0 Å². The van der Waals surface area contributed by atoms with Gasteiger partial charge in [0.25, 0.3) is 5.56 Å². The first-order valence-corrected chi connectivity index (χ1v) is 9.52. The summed E-state index contributed by atoms with van der Waals surface area (Å²) >= 11 is 2.85. The minimum absolute atomic E-state index is 0.0927. The molecule has 2 aromatic heterocycles. The van der Waals surface area contributed by atoms with Crippen molar-refractivity contribution in [2.45, 2.75) is 18.1 Å². The number of benzene rings is 1. The third-order valence-electron chi connectivity index (χ3n) is 3.57. The first-order chi connectivity index (χ1) is 12.1. The summed E-state index contributed by atoms with van der Waals surface area (Å²) in [6, 6.07) is 11.8. The van der Waals surface area contributed by atoms with E-state index >= 15 is 0 Å². The Morgan fingerprint density at radius 3 is 2.80 bits per heavy atom. The van der Waals surface area contributed by atoms with Crippen LogP contribution in [0.5, 0.6) is 0 Å². The molecule has 5 nitrogen and oxygen atoms in total. The monoisotopic (exact) mass is 371 g/mol. The maximum absolute atomic E-state index is 12.9. The number of thiophene rings is 1. The Bertz CT molecular complexity index is 977. The highest BCUT2D eigenvalue weighted by Gasteiger charge is 2.15. The van der Waals surface area contributed by atoms with Gasteiger partial charge in [0.2, 0.25) is 5.91 Å². The molecular weight excluding hydrogens is 354 g/mol. The number of carbonyl (C=O) groups is 1. The topological polar surface area (TPSA) is 78.0 Å². The van der Waals surface area contributed by atoms with E-state index in [9.17, 15) is 9.59 Å². The minimum atomic E-state index is -0.367. The van der Waals surface area contributed by atoms with Gasteiger partial charge in [-0.1, -0.05) is 48.2 Å². The van der Waals surface area contributed by atoms with Gasteiger partial charge in [0.15, 0.2) is 5.16 Å². The van der Waals surface area contributed by atoms with E-state index in [0.717, 1.165) is 10.4 Å². The Morgan fingerprint density at radius 1 is 1.36 bits per heavy atom. The van der Waals surface area contributed by atoms with E-state index in [1.54, 1.807) is 10.6 Å². The summed E-state index contributed by atoms with van der Waals surface area (Å²) in [5.41, 5.74) is 6.15. The van der Waals surface area contributed by atoms with Crippen molar-refractivity contribution in [1.29, 1.82) is 0 Å². The predicted molar refractivity (Wildman–Crippen MR) is 104 cm³/mol. The number of amides is 1. The van der Waals surface area contributed by atoms with Crippen LogP contribution in [-0.2, 0) is 11.3 Å². The second-order valence-corrected chi connectivity index (χ2v) is 7.45. The second kappa shape index (κ2) is 7.67. The number of rotatable bonds is 7. The molecule has 3 aromatic rings. The molecule has 0 atom stereocenters. The van der Waals surface area contributed by atoms with E-state index < -0.39 is 0 Å². The fraction of sp³-hybridized carbons (Fsp3) is 0.167. The molecule has 2 N–H and O–H groups in total. The van der Waals surface area contributed by atoms with Crippen molar-refractivity contribution in [3.63, 3.8) is 0 Å². The van der Waals surface area contributed by atoms with Gasteiger partial charge in [-0.05, 0) is 11.6 Å². The number of aromatic nitrogens is 2. The zero-order chi connectivity index (χ0) is 17.8. The lowest BCUT2D eigenvalue weighted by Gasteiger charge is -2.09. The zero-order valence-corrected chi connectivity index (χ0v) is 15.1. The van der Waals surface area contributed by atoms with Crippen LogP contribution < -0.4 is 11.3 Å². The lowest BCUT2D eigenvalue weighted by Crippen LogP contribution is -2.22. The summed E-state index contributed by atoms with van der Waals surface area (Å²) < 4.78 is 1.59. The highest BCUT2D eigenvalue weighted by Crippen LogP contribution is 2.32. The Labute approximate surface area is 153 Å². The summed E-state index contributed by atoms with van der Waals surface area (Å²) in [5, 5.41) is 1.19. The number of hydrogen-bond acceptors (Lipinski definition) is 5. The Morgan fingerprint density at radius 2 is 2.12 bits per heavy atom. The van der Waals surface area contributed by atoms with Crippen molar-refractivity contribution in [1.82, 2.24) is 9.55 Å². The van der Waals surface area contributed by atoms with Crippen LogP contribution in [-0.4, -0.2) is 21.2 Å². The van der Waals surface area contributed by atoms with E-state index in [4.69, 9.17) is 5.73 Å². The van der Waals surface area contributed by atoms with Gasteiger partial charge in [-0.2, -0.15) is 0 Å². The maximum atomic E-state index is 12.9. The van der Waals surface area contributed by atoms with Crippen molar-refractivity contribution in [3.8, 4) is 10.4 Å². The first-order valence-electron chi connectivity index (χ1n) is 7.72. The van der Waals surface area contributed by atoms with Gasteiger partial charge < -0.3 is 5.73 Å². The van der Waals surface area contributed by atoms with Crippen LogP contribution in [0.15, 0.2) is 59.0 Å². The number of nitrogens with zero attached hydrogens (tertiary/aromatic N) is 2. The number of primary amides is 1. The molecule has 7 heteroatoms. The normalized spacial score (nSPS) is 10.9. The average Bonchev–Trinajstić information content (AvgIpc) is 3.03. The molecule has 0 bridgehead atoms. The summed E-state index contributed by atoms with van der Waals surface area (Å²) in [6.07, 6.45) is 1.91. The molecule has 2 heterocycles. The van der Waals surface area contributed by atoms with E-state index in [-0.39, 0.29) is 17.9 Å². The van der Waals surface area contributed by atoms with Gasteiger partial charge in [-0.3, -0.25) is 14.2 Å². The largest absolute Gasteiger partial charge is 0.370 e. The molecule has 0 aliphatic rings. The number of allylic oxidation sites excluding steroid dienone is 1. The summed E-state index contributed by atoms with van der Waals surface area (Å²) in [7, 11) is 0. The molecule has 0 unspecified atom stereocenters. The molecule has 128 valence electrons.